The monoisotopic (exact) mass is 460 g/mol. The SMILES string of the molecule is Nc1ncnn2c(-c3cccc(OC4CCNCC4)c3)cc(-c3n[nH]nc3C3CCOCC3)c12. The molecule has 0 spiro atoms. The van der Waals surface area contributed by atoms with E-state index >= 15 is 0 Å². The van der Waals surface area contributed by atoms with Crippen molar-refractivity contribution >= 4 is 11.3 Å². The van der Waals surface area contributed by atoms with Crippen molar-refractivity contribution in [1.82, 2.24) is 35.3 Å². The lowest BCUT2D eigenvalue weighted by Crippen LogP contribution is -2.34. The van der Waals surface area contributed by atoms with E-state index < -0.39 is 0 Å². The van der Waals surface area contributed by atoms with E-state index in [1.165, 1.54) is 6.33 Å². The van der Waals surface area contributed by atoms with E-state index in [-0.39, 0.29) is 12.0 Å². The van der Waals surface area contributed by atoms with Gasteiger partial charge in [0.1, 0.15) is 29.4 Å². The lowest BCUT2D eigenvalue weighted by molar-refractivity contribution is 0.0846. The lowest BCUT2D eigenvalue weighted by atomic mass is 9.93. The fourth-order valence-electron chi connectivity index (χ4n) is 4.98. The maximum atomic E-state index is 6.36. The zero-order valence-corrected chi connectivity index (χ0v) is 18.9. The van der Waals surface area contributed by atoms with Gasteiger partial charge in [-0.1, -0.05) is 12.1 Å². The number of hydrogen-bond acceptors (Lipinski definition) is 8. The highest BCUT2D eigenvalue weighted by atomic mass is 16.5. The Bertz CT molecular complexity index is 1290. The molecule has 0 bridgehead atoms. The molecule has 2 fully saturated rings. The second kappa shape index (κ2) is 9.03. The summed E-state index contributed by atoms with van der Waals surface area (Å²) in [5.41, 5.74) is 11.6. The molecule has 176 valence electrons. The highest BCUT2D eigenvalue weighted by Gasteiger charge is 2.27. The first-order valence-corrected chi connectivity index (χ1v) is 11.9. The first kappa shape index (κ1) is 21.1. The van der Waals surface area contributed by atoms with E-state index in [9.17, 15) is 0 Å². The molecule has 5 heterocycles. The van der Waals surface area contributed by atoms with Crippen LogP contribution in [0.15, 0.2) is 36.7 Å². The first-order chi connectivity index (χ1) is 16.8. The number of nitrogen functional groups attached to an aromatic ring is 1. The third-order valence-corrected chi connectivity index (χ3v) is 6.74. The Labute approximate surface area is 196 Å². The Morgan fingerprint density at radius 3 is 2.76 bits per heavy atom. The van der Waals surface area contributed by atoms with Crippen LogP contribution in [0.1, 0.15) is 37.3 Å². The minimum absolute atomic E-state index is 0.228. The number of aromatic nitrogens is 6. The molecule has 4 N–H and O–H groups in total. The number of benzene rings is 1. The van der Waals surface area contributed by atoms with Gasteiger partial charge >= 0.3 is 0 Å². The predicted octanol–water partition coefficient (Wildman–Crippen LogP) is 2.79. The van der Waals surface area contributed by atoms with E-state index in [0.717, 1.165) is 91.5 Å². The van der Waals surface area contributed by atoms with Crippen molar-refractivity contribution in [3.05, 3.63) is 42.4 Å². The van der Waals surface area contributed by atoms with Crippen LogP contribution in [-0.2, 0) is 4.74 Å². The number of aromatic amines is 1. The van der Waals surface area contributed by atoms with E-state index in [2.05, 4.69) is 49.0 Å². The average molecular weight is 461 g/mol. The van der Waals surface area contributed by atoms with Crippen molar-refractivity contribution in [2.45, 2.75) is 37.7 Å². The second-order valence-corrected chi connectivity index (χ2v) is 8.89. The van der Waals surface area contributed by atoms with Gasteiger partial charge in [0, 0.05) is 30.3 Å². The number of anilines is 1. The highest BCUT2D eigenvalue weighted by molar-refractivity contribution is 5.91. The standard InChI is InChI=1S/C24H28N8O2/c25-24-23-19(22-21(29-31-30-22)15-6-10-33-11-7-15)13-20(32(23)28-14-27-24)16-2-1-3-18(12-16)34-17-4-8-26-9-5-17/h1-3,12-15,17,26H,4-11H2,(H2,25,27,28)(H,29,30,31). The van der Waals surface area contributed by atoms with Crippen LogP contribution in [0, 0.1) is 0 Å². The molecule has 0 amide bonds. The minimum Gasteiger partial charge on any atom is -0.490 e. The Morgan fingerprint density at radius 2 is 1.91 bits per heavy atom. The Hall–Kier alpha value is -3.50. The molecule has 2 aliphatic rings. The summed E-state index contributed by atoms with van der Waals surface area (Å²) in [5, 5.41) is 19.8. The number of piperidine rings is 1. The molecular formula is C24H28N8O2. The van der Waals surface area contributed by atoms with Crippen LogP contribution < -0.4 is 15.8 Å². The molecule has 0 atom stereocenters. The van der Waals surface area contributed by atoms with Gasteiger partial charge in [0.25, 0.3) is 0 Å². The summed E-state index contributed by atoms with van der Waals surface area (Å²) in [5.74, 6) is 1.54. The molecule has 1 aromatic carbocycles. The van der Waals surface area contributed by atoms with Crippen LogP contribution in [0.4, 0.5) is 5.82 Å². The minimum atomic E-state index is 0.228. The summed E-state index contributed by atoms with van der Waals surface area (Å²) in [6.07, 6.45) is 5.56. The Morgan fingerprint density at radius 1 is 1.06 bits per heavy atom. The summed E-state index contributed by atoms with van der Waals surface area (Å²) in [6, 6.07) is 10.2. The molecule has 2 aliphatic heterocycles. The summed E-state index contributed by atoms with van der Waals surface area (Å²) in [4.78, 5) is 4.26. The van der Waals surface area contributed by atoms with Crippen molar-refractivity contribution in [3.63, 3.8) is 0 Å². The molecule has 4 aromatic rings. The van der Waals surface area contributed by atoms with Gasteiger partial charge in [-0.05, 0) is 57.0 Å². The number of nitrogens with zero attached hydrogens (tertiary/aromatic N) is 5. The third-order valence-electron chi connectivity index (χ3n) is 6.74. The van der Waals surface area contributed by atoms with Crippen LogP contribution in [0.2, 0.25) is 0 Å². The van der Waals surface area contributed by atoms with Crippen LogP contribution in [0.25, 0.3) is 28.0 Å². The molecule has 2 saturated heterocycles. The van der Waals surface area contributed by atoms with Crippen molar-refractivity contribution < 1.29 is 9.47 Å². The lowest BCUT2D eigenvalue weighted by Gasteiger charge is -2.24. The fraction of sp³-hybridized carbons (Fsp3) is 0.417. The van der Waals surface area contributed by atoms with Gasteiger partial charge in [0.2, 0.25) is 0 Å². The maximum absolute atomic E-state index is 6.36. The van der Waals surface area contributed by atoms with Crippen molar-refractivity contribution in [1.29, 1.82) is 0 Å². The molecule has 3 aromatic heterocycles. The number of nitrogens with one attached hydrogen (secondary N) is 2. The van der Waals surface area contributed by atoms with Crippen LogP contribution in [0.3, 0.4) is 0 Å². The Balaban J connectivity index is 1.42. The van der Waals surface area contributed by atoms with Gasteiger partial charge in [0.05, 0.1) is 11.4 Å². The molecule has 6 rings (SSSR count). The topological polar surface area (TPSA) is 128 Å². The summed E-state index contributed by atoms with van der Waals surface area (Å²) in [7, 11) is 0. The summed E-state index contributed by atoms with van der Waals surface area (Å²) in [6.45, 7) is 3.43. The summed E-state index contributed by atoms with van der Waals surface area (Å²) >= 11 is 0. The number of ether oxygens (including phenoxy) is 2. The van der Waals surface area contributed by atoms with Gasteiger partial charge in [-0.15, -0.1) is 0 Å². The van der Waals surface area contributed by atoms with Gasteiger partial charge in [-0.2, -0.15) is 20.5 Å². The molecule has 34 heavy (non-hydrogen) atoms. The third kappa shape index (κ3) is 3.88. The zero-order valence-electron chi connectivity index (χ0n) is 18.9. The molecular weight excluding hydrogens is 432 g/mol. The van der Waals surface area contributed by atoms with Crippen molar-refractivity contribution in [3.8, 4) is 28.3 Å². The van der Waals surface area contributed by atoms with E-state index in [1.54, 1.807) is 0 Å². The number of rotatable bonds is 5. The summed E-state index contributed by atoms with van der Waals surface area (Å²) < 4.78 is 13.7. The number of nitrogens with two attached hydrogens (primary N) is 1. The quantitative estimate of drug-likeness (QED) is 0.415. The van der Waals surface area contributed by atoms with Gasteiger partial charge in [-0.25, -0.2) is 9.50 Å². The van der Waals surface area contributed by atoms with Gasteiger partial charge < -0.3 is 20.5 Å². The van der Waals surface area contributed by atoms with Crippen LogP contribution in [0.5, 0.6) is 5.75 Å². The number of H-pyrrole nitrogens is 1. The Kier molecular flexibility index (Phi) is 5.60. The normalized spacial score (nSPS) is 17.9. The van der Waals surface area contributed by atoms with Gasteiger partial charge in [0.15, 0.2) is 5.82 Å². The zero-order chi connectivity index (χ0) is 22.9. The van der Waals surface area contributed by atoms with Crippen LogP contribution in [-0.4, -0.2) is 62.4 Å². The largest absolute Gasteiger partial charge is 0.490 e. The second-order valence-electron chi connectivity index (χ2n) is 8.89. The van der Waals surface area contributed by atoms with Crippen molar-refractivity contribution in [2.75, 3.05) is 32.0 Å². The van der Waals surface area contributed by atoms with Gasteiger partial charge in [-0.3, -0.25) is 0 Å². The molecule has 0 aliphatic carbocycles. The molecule has 0 saturated carbocycles. The number of fused-ring (bicyclic) bond motifs is 1. The van der Waals surface area contributed by atoms with Crippen LogP contribution >= 0.6 is 0 Å². The van der Waals surface area contributed by atoms with Crippen molar-refractivity contribution in [2.24, 2.45) is 0 Å². The highest BCUT2D eigenvalue weighted by Crippen LogP contribution is 2.39. The molecule has 10 nitrogen and oxygen atoms in total. The number of hydrogen-bond donors (Lipinski definition) is 3. The van der Waals surface area contributed by atoms with E-state index in [0.29, 0.717) is 5.82 Å². The molecule has 0 radical (unpaired) electrons. The fourth-order valence-corrected chi connectivity index (χ4v) is 4.98. The molecule has 0 unspecified atom stereocenters. The maximum Gasteiger partial charge on any atom is 0.152 e. The van der Waals surface area contributed by atoms with E-state index in [4.69, 9.17) is 15.2 Å². The smallest absolute Gasteiger partial charge is 0.152 e. The van der Waals surface area contributed by atoms with E-state index in [1.807, 2.05) is 16.6 Å². The molecule has 10 heteroatoms. The first-order valence-electron chi connectivity index (χ1n) is 11.9. The predicted molar refractivity (Wildman–Crippen MR) is 128 cm³/mol. The average Bonchev–Trinajstić information content (AvgIpc) is 3.51.